The van der Waals surface area contributed by atoms with Crippen LogP contribution in [0.5, 0.6) is 0 Å². The van der Waals surface area contributed by atoms with Crippen molar-refractivity contribution in [3.63, 3.8) is 0 Å². The molecule has 0 amide bonds. The van der Waals surface area contributed by atoms with Gasteiger partial charge in [0.25, 0.3) is 0 Å². The first-order valence-electron chi connectivity index (χ1n) is 6.82. The third-order valence-corrected chi connectivity index (χ3v) is 3.60. The second-order valence-corrected chi connectivity index (χ2v) is 5.15. The average Bonchev–Trinajstić information content (AvgIpc) is 2.91. The summed E-state index contributed by atoms with van der Waals surface area (Å²) in [5.41, 5.74) is -1.49. The molecule has 0 saturated carbocycles. The van der Waals surface area contributed by atoms with Gasteiger partial charge in [0.15, 0.2) is 17.0 Å². The van der Waals surface area contributed by atoms with Crippen LogP contribution in [0.25, 0.3) is 5.65 Å². The minimum absolute atomic E-state index is 0.118. The quantitative estimate of drug-likeness (QED) is 0.922. The summed E-state index contributed by atoms with van der Waals surface area (Å²) in [5.74, 6) is -0.951. The first-order chi connectivity index (χ1) is 10.4. The Kier molecular flexibility index (Phi) is 3.42. The van der Waals surface area contributed by atoms with Gasteiger partial charge in [0, 0.05) is 25.2 Å². The molecule has 0 bridgehead atoms. The van der Waals surface area contributed by atoms with E-state index in [0.717, 1.165) is 29.8 Å². The van der Waals surface area contributed by atoms with Crippen LogP contribution in [0.2, 0.25) is 0 Å². The Balaban J connectivity index is 2.18. The van der Waals surface area contributed by atoms with Crippen LogP contribution in [0.4, 0.5) is 19.0 Å². The number of carbonyl (C=O) groups is 1. The summed E-state index contributed by atoms with van der Waals surface area (Å²) in [7, 11) is 0. The zero-order valence-electron chi connectivity index (χ0n) is 11.5. The van der Waals surface area contributed by atoms with Gasteiger partial charge in [-0.25, -0.2) is 9.78 Å². The highest BCUT2D eigenvalue weighted by atomic mass is 19.4. The van der Waals surface area contributed by atoms with Crippen LogP contribution < -0.4 is 4.90 Å². The van der Waals surface area contributed by atoms with Crippen LogP contribution in [0.1, 0.15) is 35.4 Å². The van der Waals surface area contributed by atoms with Crippen molar-refractivity contribution in [3.8, 4) is 0 Å². The number of carboxylic acid groups (broad SMARTS) is 1. The maximum absolute atomic E-state index is 12.8. The van der Waals surface area contributed by atoms with E-state index in [1.165, 1.54) is 6.07 Å². The van der Waals surface area contributed by atoms with Gasteiger partial charge in [-0.15, -0.1) is 0 Å². The SMILES string of the molecule is O=C(O)c1cc(N2CCCCC2)n2nc(C(F)(F)F)cc2n1. The van der Waals surface area contributed by atoms with Crippen molar-refractivity contribution in [3.05, 3.63) is 23.5 Å². The van der Waals surface area contributed by atoms with Crippen molar-refractivity contribution >= 4 is 17.4 Å². The Morgan fingerprint density at radius 3 is 2.45 bits per heavy atom. The second-order valence-electron chi connectivity index (χ2n) is 5.15. The van der Waals surface area contributed by atoms with E-state index >= 15 is 0 Å². The Hall–Kier alpha value is -2.32. The number of nitrogens with zero attached hydrogens (tertiary/aromatic N) is 4. The lowest BCUT2D eigenvalue weighted by atomic mass is 10.1. The van der Waals surface area contributed by atoms with E-state index in [4.69, 9.17) is 5.11 Å². The molecule has 0 atom stereocenters. The van der Waals surface area contributed by atoms with Gasteiger partial charge in [-0.05, 0) is 19.3 Å². The zero-order chi connectivity index (χ0) is 15.9. The summed E-state index contributed by atoms with van der Waals surface area (Å²) in [5, 5.41) is 12.7. The molecular formula is C13H13F3N4O2. The summed E-state index contributed by atoms with van der Waals surface area (Å²) in [6.45, 7) is 1.30. The molecule has 0 aliphatic carbocycles. The number of hydrogen-bond donors (Lipinski definition) is 1. The smallest absolute Gasteiger partial charge is 0.435 e. The fourth-order valence-corrected chi connectivity index (χ4v) is 2.55. The minimum atomic E-state index is -4.60. The lowest BCUT2D eigenvalue weighted by Crippen LogP contribution is -2.31. The van der Waals surface area contributed by atoms with Crippen molar-refractivity contribution in [2.75, 3.05) is 18.0 Å². The standard InChI is InChI=1S/C13H13F3N4O2/c14-13(15,16)9-7-10-17-8(12(21)22)6-11(20(10)18-9)19-4-2-1-3-5-19/h6-7H,1-5H2,(H,21,22). The van der Waals surface area contributed by atoms with E-state index in [1.54, 1.807) is 0 Å². The van der Waals surface area contributed by atoms with Crippen molar-refractivity contribution in [1.82, 2.24) is 14.6 Å². The number of piperidine rings is 1. The van der Waals surface area contributed by atoms with Gasteiger partial charge in [-0.2, -0.15) is 22.8 Å². The molecule has 2 aromatic rings. The molecule has 1 aliphatic heterocycles. The summed E-state index contributed by atoms with van der Waals surface area (Å²) in [6, 6.07) is 2.04. The van der Waals surface area contributed by atoms with Crippen molar-refractivity contribution in [2.45, 2.75) is 25.4 Å². The van der Waals surface area contributed by atoms with Gasteiger partial charge in [-0.1, -0.05) is 0 Å². The molecule has 2 aromatic heterocycles. The molecule has 118 valence electrons. The third kappa shape index (κ3) is 2.58. The van der Waals surface area contributed by atoms with Gasteiger partial charge in [-0.3, -0.25) is 0 Å². The van der Waals surface area contributed by atoms with E-state index in [-0.39, 0.29) is 11.3 Å². The van der Waals surface area contributed by atoms with Gasteiger partial charge in [0.1, 0.15) is 5.82 Å². The molecule has 0 spiro atoms. The van der Waals surface area contributed by atoms with Crippen molar-refractivity contribution in [1.29, 1.82) is 0 Å². The monoisotopic (exact) mass is 314 g/mol. The van der Waals surface area contributed by atoms with Crippen molar-refractivity contribution in [2.24, 2.45) is 0 Å². The molecule has 3 heterocycles. The number of halogens is 3. The van der Waals surface area contributed by atoms with E-state index in [9.17, 15) is 18.0 Å². The molecule has 1 N–H and O–H groups in total. The summed E-state index contributed by atoms with van der Waals surface area (Å²) in [4.78, 5) is 16.7. The van der Waals surface area contributed by atoms with Gasteiger partial charge in [0.05, 0.1) is 0 Å². The largest absolute Gasteiger partial charge is 0.477 e. The fourth-order valence-electron chi connectivity index (χ4n) is 2.55. The molecule has 9 heteroatoms. The highest BCUT2D eigenvalue weighted by molar-refractivity contribution is 5.87. The summed E-state index contributed by atoms with van der Waals surface area (Å²) in [6.07, 6.45) is -1.75. The Morgan fingerprint density at radius 2 is 1.86 bits per heavy atom. The van der Waals surface area contributed by atoms with E-state index in [2.05, 4.69) is 10.1 Å². The van der Waals surface area contributed by atoms with Crippen molar-refractivity contribution < 1.29 is 23.1 Å². The van der Waals surface area contributed by atoms with Crippen LogP contribution in [0.15, 0.2) is 12.1 Å². The van der Waals surface area contributed by atoms with Crippen LogP contribution in [-0.4, -0.2) is 38.8 Å². The van der Waals surface area contributed by atoms with Gasteiger partial charge < -0.3 is 10.0 Å². The summed E-state index contributed by atoms with van der Waals surface area (Å²) >= 11 is 0. The molecule has 1 fully saturated rings. The average molecular weight is 314 g/mol. The molecular weight excluding hydrogens is 301 g/mol. The number of aromatic nitrogens is 3. The first kappa shape index (κ1) is 14.6. The second kappa shape index (κ2) is 5.15. The topological polar surface area (TPSA) is 70.7 Å². The van der Waals surface area contributed by atoms with E-state index in [1.807, 2.05) is 4.90 Å². The van der Waals surface area contributed by atoms with Crippen LogP contribution >= 0.6 is 0 Å². The normalized spacial score (nSPS) is 16.2. The highest BCUT2D eigenvalue weighted by Gasteiger charge is 2.35. The van der Waals surface area contributed by atoms with E-state index in [0.29, 0.717) is 18.9 Å². The predicted octanol–water partition coefficient (Wildman–Crippen LogP) is 2.44. The Bertz CT molecular complexity index is 720. The number of rotatable bonds is 2. The number of anilines is 1. The molecule has 0 aromatic carbocycles. The molecule has 0 unspecified atom stereocenters. The number of carboxylic acids is 1. The van der Waals surface area contributed by atoms with Crippen LogP contribution in [0, 0.1) is 0 Å². The van der Waals surface area contributed by atoms with Crippen LogP contribution in [0.3, 0.4) is 0 Å². The number of aromatic carboxylic acids is 1. The highest BCUT2D eigenvalue weighted by Crippen LogP contribution is 2.30. The molecule has 22 heavy (non-hydrogen) atoms. The van der Waals surface area contributed by atoms with Gasteiger partial charge in [0.2, 0.25) is 0 Å². The maximum Gasteiger partial charge on any atom is 0.435 e. The number of fused-ring (bicyclic) bond motifs is 1. The molecule has 1 saturated heterocycles. The molecule has 6 nitrogen and oxygen atoms in total. The third-order valence-electron chi connectivity index (χ3n) is 3.60. The molecule has 0 radical (unpaired) electrons. The van der Waals surface area contributed by atoms with Crippen LogP contribution in [-0.2, 0) is 6.18 Å². The minimum Gasteiger partial charge on any atom is -0.477 e. The lowest BCUT2D eigenvalue weighted by Gasteiger charge is -2.28. The Morgan fingerprint density at radius 1 is 1.18 bits per heavy atom. The lowest BCUT2D eigenvalue weighted by molar-refractivity contribution is -0.141. The number of hydrogen-bond acceptors (Lipinski definition) is 4. The van der Waals surface area contributed by atoms with E-state index < -0.39 is 17.8 Å². The Labute approximate surface area is 123 Å². The zero-order valence-corrected chi connectivity index (χ0v) is 11.5. The summed E-state index contributed by atoms with van der Waals surface area (Å²) < 4.78 is 39.5. The van der Waals surface area contributed by atoms with Gasteiger partial charge >= 0.3 is 12.1 Å². The predicted molar refractivity (Wildman–Crippen MR) is 71.0 cm³/mol. The molecule has 1 aliphatic rings. The fraction of sp³-hybridized carbons (Fsp3) is 0.462. The molecule has 3 rings (SSSR count). The number of alkyl halides is 3. The maximum atomic E-state index is 12.8. The first-order valence-corrected chi connectivity index (χ1v) is 6.82.